The van der Waals surface area contributed by atoms with Crippen LogP contribution in [0.1, 0.15) is 23.2 Å². The molecular weight excluding hydrogens is 374 g/mol. The Bertz CT molecular complexity index is 1160. The minimum Gasteiger partial charge on any atom is -0.370 e. The van der Waals surface area contributed by atoms with Crippen LogP contribution in [-0.2, 0) is 18.4 Å². The Morgan fingerprint density at radius 3 is 2.72 bits per heavy atom. The summed E-state index contributed by atoms with van der Waals surface area (Å²) in [6, 6.07) is 5.01. The zero-order chi connectivity index (χ0) is 20.5. The number of fused-ring (bicyclic) bond motifs is 1. The maximum atomic E-state index is 12.7. The molecule has 3 aromatic rings. The molecule has 2 amide bonds. The molecule has 0 bridgehead atoms. The van der Waals surface area contributed by atoms with Crippen LogP contribution in [0.4, 0.5) is 11.4 Å². The van der Waals surface area contributed by atoms with Crippen LogP contribution in [0.2, 0.25) is 0 Å². The van der Waals surface area contributed by atoms with Crippen molar-refractivity contribution in [1.29, 1.82) is 0 Å². The van der Waals surface area contributed by atoms with Gasteiger partial charge in [0, 0.05) is 25.7 Å². The molecule has 1 aromatic carbocycles. The second-order valence-electron chi connectivity index (χ2n) is 7.02. The first-order valence-corrected chi connectivity index (χ1v) is 9.30. The third-order valence-electron chi connectivity index (χ3n) is 5.03. The number of nitrogens with one attached hydrogen (secondary N) is 1. The first-order chi connectivity index (χ1) is 13.9. The number of hydrogen-bond acceptors (Lipinski definition) is 6. The van der Waals surface area contributed by atoms with Crippen molar-refractivity contribution in [2.45, 2.75) is 19.4 Å². The Morgan fingerprint density at radius 1 is 1.24 bits per heavy atom. The molecule has 1 aliphatic rings. The Morgan fingerprint density at radius 2 is 2.00 bits per heavy atom. The molecule has 0 spiro atoms. The summed E-state index contributed by atoms with van der Waals surface area (Å²) in [5, 5.41) is 7.18. The standard InChI is InChI=1S/C19H21N7O3/c1-24-18-13(9-22-24)19(29)26(11-21-18)10-16(27)23-14-8-12(17(20)28)4-5-15(14)25-6-2-3-7-25/h4-5,8-9,11H,2-3,6-7,10H2,1H3,(H2,20,28)(H,23,27). The monoisotopic (exact) mass is 395 g/mol. The lowest BCUT2D eigenvalue weighted by molar-refractivity contribution is -0.116. The number of primary amides is 1. The highest BCUT2D eigenvalue weighted by molar-refractivity contribution is 5.99. The van der Waals surface area contributed by atoms with Gasteiger partial charge in [0.25, 0.3) is 5.56 Å². The third-order valence-corrected chi connectivity index (χ3v) is 5.03. The van der Waals surface area contributed by atoms with Crippen LogP contribution in [-0.4, -0.2) is 44.2 Å². The van der Waals surface area contributed by atoms with Gasteiger partial charge < -0.3 is 16.0 Å². The second-order valence-corrected chi connectivity index (χ2v) is 7.02. The number of aryl methyl sites for hydroxylation is 1. The van der Waals surface area contributed by atoms with Crippen molar-refractivity contribution >= 4 is 34.2 Å². The van der Waals surface area contributed by atoms with Crippen molar-refractivity contribution in [3.63, 3.8) is 0 Å². The van der Waals surface area contributed by atoms with Gasteiger partial charge in [-0.3, -0.25) is 23.6 Å². The maximum absolute atomic E-state index is 12.7. The van der Waals surface area contributed by atoms with E-state index in [-0.39, 0.29) is 12.1 Å². The summed E-state index contributed by atoms with van der Waals surface area (Å²) in [7, 11) is 1.69. The van der Waals surface area contributed by atoms with Gasteiger partial charge in [-0.05, 0) is 31.0 Å². The van der Waals surface area contributed by atoms with Gasteiger partial charge in [-0.1, -0.05) is 0 Å². The van der Waals surface area contributed by atoms with Crippen LogP contribution in [0.15, 0.2) is 35.5 Å². The van der Waals surface area contributed by atoms with E-state index in [1.807, 2.05) is 0 Å². The number of nitrogens with zero attached hydrogens (tertiary/aromatic N) is 5. The highest BCUT2D eigenvalue weighted by Gasteiger charge is 2.19. The number of nitrogens with two attached hydrogens (primary N) is 1. The first kappa shape index (κ1) is 18.7. The molecule has 2 aromatic heterocycles. The second kappa shape index (κ2) is 7.38. The van der Waals surface area contributed by atoms with E-state index in [2.05, 4.69) is 20.3 Å². The Kier molecular flexibility index (Phi) is 4.75. The highest BCUT2D eigenvalue weighted by Crippen LogP contribution is 2.30. The Labute approximate surface area is 165 Å². The van der Waals surface area contributed by atoms with Gasteiger partial charge in [0.2, 0.25) is 11.8 Å². The lowest BCUT2D eigenvalue weighted by Crippen LogP contribution is -2.29. The summed E-state index contributed by atoms with van der Waals surface area (Å²) in [4.78, 5) is 43.1. The van der Waals surface area contributed by atoms with Crippen LogP contribution >= 0.6 is 0 Å². The molecule has 4 rings (SSSR count). The fourth-order valence-corrected chi connectivity index (χ4v) is 3.55. The van der Waals surface area contributed by atoms with Gasteiger partial charge >= 0.3 is 0 Å². The van der Waals surface area contributed by atoms with E-state index in [1.54, 1.807) is 25.2 Å². The molecule has 3 heterocycles. The van der Waals surface area contributed by atoms with Crippen molar-refractivity contribution in [3.05, 3.63) is 46.6 Å². The molecular formula is C19H21N7O3. The molecule has 29 heavy (non-hydrogen) atoms. The molecule has 0 unspecified atom stereocenters. The van der Waals surface area contributed by atoms with Gasteiger partial charge in [-0.2, -0.15) is 5.10 Å². The molecule has 150 valence electrons. The molecule has 3 N–H and O–H groups in total. The van der Waals surface area contributed by atoms with Crippen molar-refractivity contribution < 1.29 is 9.59 Å². The Hall–Kier alpha value is -3.69. The van der Waals surface area contributed by atoms with E-state index in [4.69, 9.17) is 5.73 Å². The molecule has 10 heteroatoms. The number of anilines is 2. The van der Waals surface area contributed by atoms with E-state index in [0.29, 0.717) is 22.3 Å². The van der Waals surface area contributed by atoms with Crippen molar-refractivity contribution in [2.75, 3.05) is 23.3 Å². The summed E-state index contributed by atoms with van der Waals surface area (Å²) in [6.45, 7) is 1.54. The van der Waals surface area contributed by atoms with Crippen molar-refractivity contribution in [1.82, 2.24) is 19.3 Å². The predicted octanol–water partition coefficient (Wildman–Crippen LogP) is 0.468. The summed E-state index contributed by atoms with van der Waals surface area (Å²) in [6.07, 6.45) is 4.89. The zero-order valence-corrected chi connectivity index (χ0v) is 16.0. The van der Waals surface area contributed by atoms with E-state index < -0.39 is 11.8 Å². The van der Waals surface area contributed by atoms with E-state index >= 15 is 0 Å². The smallest absolute Gasteiger partial charge is 0.264 e. The molecule has 0 atom stereocenters. The number of amides is 2. The summed E-state index contributed by atoms with van der Waals surface area (Å²) in [5.41, 5.74) is 7.13. The molecule has 10 nitrogen and oxygen atoms in total. The van der Waals surface area contributed by atoms with Crippen LogP contribution in [0.5, 0.6) is 0 Å². The summed E-state index contributed by atoms with van der Waals surface area (Å²) in [5.74, 6) is -0.977. The number of aromatic nitrogens is 4. The maximum Gasteiger partial charge on any atom is 0.264 e. The first-order valence-electron chi connectivity index (χ1n) is 9.30. The van der Waals surface area contributed by atoms with Gasteiger partial charge in [-0.25, -0.2) is 4.98 Å². The topological polar surface area (TPSA) is 128 Å². The average molecular weight is 395 g/mol. The van der Waals surface area contributed by atoms with Gasteiger partial charge in [0.1, 0.15) is 18.3 Å². The molecule has 0 saturated carbocycles. The lowest BCUT2D eigenvalue weighted by atomic mass is 10.1. The minimum absolute atomic E-state index is 0.211. The molecule has 1 fully saturated rings. The summed E-state index contributed by atoms with van der Waals surface area (Å²) >= 11 is 0. The van der Waals surface area contributed by atoms with Crippen molar-refractivity contribution in [3.8, 4) is 0 Å². The number of benzene rings is 1. The highest BCUT2D eigenvalue weighted by atomic mass is 16.2. The molecule has 0 aliphatic carbocycles. The third kappa shape index (κ3) is 3.56. The SMILES string of the molecule is Cn1ncc2c(=O)n(CC(=O)Nc3cc(C(N)=O)ccc3N3CCCC3)cnc21. The molecule has 1 aliphatic heterocycles. The fourth-order valence-electron chi connectivity index (χ4n) is 3.55. The Balaban J connectivity index is 1.60. The number of carbonyl (C=O) groups is 2. The van der Waals surface area contributed by atoms with Crippen LogP contribution in [0, 0.1) is 0 Å². The largest absolute Gasteiger partial charge is 0.370 e. The fraction of sp³-hybridized carbons (Fsp3) is 0.316. The number of rotatable bonds is 5. The van der Waals surface area contributed by atoms with Crippen molar-refractivity contribution in [2.24, 2.45) is 12.8 Å². The van der Waals surface area contributed by atoms with Gasteiger partial charge in [0.05, 0.1) is 17.6 Å². The van der Waals surface area contributed by atoms with Crippen LogP contribution in [0.3, 0.4) is 0 Å². The number of carbonyl (C=O) groups excluding carboxylic acids is 2. The van der Waals surface area contributed by atoms with E-state index in [1.165, 1.54) is 21.8 Å². The zero-order valence-electron chi connectivity index (χ0n) is 16.0. The number of hydrogen-bond donors (Lipinski definition) is 2. The quantitative estimate of drug-likeness (QED) is 0.646. The van der Waals surface area contributed by atoms with E-state index in [9.17, 15) is 14.4 Å². The van der Waals surface area contributed by atoms with Gasteiger partial charge in [0.15, 0.2) is 5.65 Å². The minimum atomic E-state index is -0.573. The van der Waals surface area contributed by atoms with Crippen LogP contribution < -0.4 is 21.5 Å². The lowest BCUT2D eigenvalue weighted by Gasteiger charge is -2.22. The van der Waals surface area contributed by atoms with Gasteiger partial charge in [-0.15, -0.1) is 0 Å². The molecule has 0 radical (unpaired) electrons. The van der Waals surface area contributed by atoms with Crippen LogP contribution in [0.25, 0.3) is 11.0 Å². The summed E-state index contributed by atoms with van der Waals surface area (Å²) < 4.78 is 2.73. The average Bonchev–Trinajstić information content (AvgIpc) is 3.34. The van der Waals surface area contributed by atoms with E-state index in [0.717, 1.165) is 31.6 Å². The molecule has 1 saturated heterocycles. The normalized spacial score (nSPS) is 13.8. The predicted molar refractivity (Wildman–Crippen MR) is 108 cm³/mol.